The van der Waals surface area contributed by atoms with Crippen LogP contribution in [0.15, 0.2) is 41.6 Å². The van der Waals surface area contributed by atoms with Gasteiger partial charge in [0.2, 0.25) is 10.0 Å². The summed E-state index contributed by atoms with van der Waals surface area (Å²) >= 11 is 0. The van der Waals surface area contributed by atoms with E-state index in [0.29, 0.717) is 13.1 Å². The molecule has 0 amide bonds. The monoisotopic (exact) mass is 425 g/mol. The lowest BCUT2D eigenvalue weighted by atomic mass is 10.3. The van der Waals surface area contributed by atoms with Gasteiger partial charge in [-0.1, -0.05) is 12.1 Å². The SMILES string of the molecule is Cl.Cl.O=S(=O)(NCCN1CCNCC1)c1cnn(-c2ccccc2F)c1. The van der Waals surface area contributed by atoms with Crippen molar-refractivity contribution >= 4 is 34.8 Å². The average molecular weight is 426 g/mol. The van der Waals surface area contributed by atoms with E-state index in [2.05, 4.69) is 20.0 Å². The van der Waals surface area contributed by atoms with Crippen molar-refractivity contribution in [1.29, 1.82) is 0 Å². The molecule has 0 atom stereocenters. The summed E-state index contributed by atoms with van der Waals surface area (Å²) in [5.74, 6) is -0.462. The number of rotatable bonds is 6. The number of hydrogen-bond donors (Lipinski definition) is 2. The van der Waals surface area contributed by atoms with Crippen LogP contribution in [0.3, 0.4) is 0 Å². The summed E-state index contributed by atoms with van der Waals surface area (Å²) in [5, 5.41) is 7.20. The number of aromatic nitrogens is 2. The average Bonchev–Trinajstić information content (AvgIpc) is 3.07. The van der Waals surface area contributed by atoms with Crippen LogP contribution in [0.25, 0.3) is 5.69 Å². The zero-order valence-electron chi connectivity index (χ0n) is 14.0. The first-order valence-electron chi connectivity index (χ1n) is 7.78. The predicted octanol–water partition coefficient (Wildman–Crippen LogP) is 1.04. The Morgan fingerprint density at radius 1 is 1.19 bits per heavy atom. The molecule has 1 aliphatic rings. The van der Waals surface area contributed by atoms with E-state index in [9.17, 15) is 12.8 Å². The van der Waals surface area contributed by atoms with Gasteiger partial charge in [-0.05, 0) is 12.1 Å². The Kier molecular flexibility index (Phi) is 8.94. The maximum absolute atomic E-state index is 13.8. The predicted molar refractivity (Wildman–Crippen MR) is 103 cm³/mol. The maximum atomic E-state index is 13.8. The molecule has 2 heterocycles. The quantitative estimate of drug-likeness (QED) is 0.722. The minimum absolute atomic E-state index is 0. The van der Waals surface area contributed by atoms with Crippen LogP contribution in [0.4, 0.5) is 4.39 Å². The van der Waals surface area contributed by atoms with Gasteiger partial charge in [0.25, 0.3) is 0 Å². The molecule has 0 saturated carbocycles. The third kappa shape index (κ3) is 5.63. The van der Waals surface area contributed by atoms with Crippen LogP contribution in [-0.2, 0) is 10.0 Å². The Balaban J connectivity index is 0.00000169. The number of sulfonamides is 1. The minimum atomic E-state index is -3.66. The maximum Gasteiger partial charge on any atom is 0.243 e. The van der Waals surface area contributed by atoms with Crippen LogP contribution in [0.1, 0.15) is 0 Å². The topological polar surface area (TPSA) is 79.3 Å². The fourth-order valence-corrected chi connectivity index (χ4v) is 3.52. The molecule has 11 heteroatoms. The molecule has 146 valence electrons. The second kappa shape index (κ2) is 10.2. The molecule has 1 fully saturated rings. The fourth-order valence-electron chi connectivity index (χ4n) is 2.57. The van der Waals surface area contributed by atoms with Crippen molar-refractivity contribution < 1.29 is 12.8 Å². The van der Waals surface area contributed by atoms with E-state index in [1.54, 1.807) is 12.1 Å². The molecule has 3 rings (SSSR count). The van der Waals surface area contributed by atoms with Crippen LogP contribution in [0, 0.1) is 5.82 Å². The lowest BCUT2D eigenvalue weighted by molar-refractivity contribution is 0.245. The number of nitrogens with one attached hydrogen (secondary N) is 2. The van der Waals surface area contributed by atoms with Crippen molar-refractivity contribution in [1.82, 2.24) is 24.7 Å². The molecule has 0 unspecified atom stereocenters. The highest BCUT2D eigenvalue weighted by Crippen LogP contribution is 2.15. The molecule has 1 aromatic heterocycles. The van der Waals surface area contributed by atoms with Gasteiger partial charge in [-0.15, -0.1) is 24.8 Å². The van der Waals surface area contributed by atoms with E-state index in [4.69, 9.17) is 0 Å². The van der Waals surface area contributed by atoms with Crippen molar-refractivity contribution in [3.8, 4) is 5.69 Å². The van der Waals surface area contributed by atoms with Gasteiger partial charge < -0.3 is 5.32 Å². The molecular weight excluding hydrogens is 404 g/mol. The molecule has 7 nitrogen and oxygen atoms in total. The Hall–Kier alpha value is -1.23. The lowest BCUT2D eigenvalue weighted by Crippen LogP contribution is -2.46. The summed E-state index contributed by atoms with van der Waals surface area (Å²) in [7, 11) is -3.66. The summed E-state index contributed by atoms with van der Waals surface area (Å²) < 4.78 is 42.2. The zero-order valence-corrected chi connectivity index (χ0v) is 16.4. The van der Waals surface area contributed by atoms with Crippen molar-refractivity contribution in [2.75, 3.05) is 39.3 Å². The van der Waals surface area contributed by atoms with Gasteiger partial charge in [0.05, 0.1) is 12.4 Å². The van der Waals surface area contributed by atoms with E-state index < -0.39 is 15.8 Å². The molecule has 26 heavy (non-hydrogen) atoms. The smallest absolute Gasteiger partial charge is 0.243 e. The molecule has 1 aliphatic heterocycles. The van der Waals surface area contributed by atoms with Gasteiger partial charge in [0.1, 0.15) is 16.4 Å². The standard InChI is InChI=1S/C15H20FN5O2S.2ClH/c16-14-3-1-2-4-15(14)21-12-13(11-18-21)24(22,23)19-7-10-20-8-5-17-6-9-20;;/h1-4,11-12,17,19H,5-10H2;2*1H. The van der Waals surface area contributed by atoms with Gasteiger partial charge in [0.15, 0.2) is 0 Å². The molecule has 2 aromatic rings. The number of para-hydroxylation sites is 1. The van der Waals surface area contributed by atoms with Crippen LogP contribution >= 0.6 is 24.8 Å². The van der Waals surface area contributed by atoms with E-state index in [1.807, 2.05) is 0 Å². The largest absolute Gasteiger partial charge is 0.314 e. The molecule has 0 bridgehead atoms. The number of piperazine rings is 1. The Labute approximate surface area is 164 Å². The first kappa shape index (κ1) is 22.8. The summed E-state index contributed by atoms with van der Waals surface area (Å²) in [6.07, 6.45) is 2.53. The normalized spacial score (nSPS) is 15.1. The van der Waals surface area contributed by atoms with Gasteiger partial charge in [-0.3, -0.25) is 4.90 Å². The van der Waals surface area contributed by atoms with Crippen LogP contribution in [0.5, 0.6) is 0 Å². The van der Waals surface area contributed by atoms with Gasteiger partial charge in [0, 0.05) is 39.3 Å². The fraction of sp³-hybridized carbons (Fsp3) is 0.400. The van der Waals surface area contributed by atoms with Crippen molar-refractivity contribution in [2.24, 2.45) is 0 Å². The van der Waals surface area contributed by atoms with E-state index in [-0.39, 0.29) is 35.4 Å². The molecule has 1 aromatic carbocycles. The molecule has 0 radical (unpaired) electrons. The molecule has 1 saturated heterocycles. The molecule has 2 N–H and O–H groups in total. The van der Waals surface area contributed by atoms with Crippen LogP contribution in [0.2, 0.25) is 0 Å². The number of benzene rings is 1. The molecule has 0 aliphatic carbocycles. The Morgan fingerprint density at radius 3 is 2.58 bits per heavy atom. The number of hydrogen-bond acceptors (Lipinski definition) is 5. The highest BCUT2D eigenvalue weighted by molar-refractivity contribution is 7.89. The summed E-state index contributed by atoms with van der Waals surface area (Å²) in [4.78, 5) is 2.22. The number of halogens is 3. The first-order chi connectivity index (χ1) is 11.6. The summed E-state index contributed by atoms with van der Waals surface area (Å²) in [6.45, 7) is 4.64. The first-order valence-corrected chi connectivity index (χ1v) is 9.27. The highest BCUT2D eigenvalue weighted by Gasteiger charge is 2.18. The third-order valence-electron chi connectivity index (χ3n) is 3.90. The summed E-state index contributed by atoms with van der Waals surface area (Å²) in [5.41, 5.74) is 0.208. The second-order valence-electron chi connectivity index (χ2n) is 5.56. The van der Waals surface area contributed by atoms with Crippen molar-refractivity contribution in [3.63, 3.8) is 0 Å². The summed E-state index contributed by atoms with van der Waals surface area (Å²) in [6, 6.07) is 6.07. The van der Waals surface area contributed by atoms with E-state index in [0.717, 1.165) is 26.2 Å². The van der Waals surface area contributed by atoms with Crippen molar-refractivity contribution in [3.05, 3.63) is 42.5 Å². The lowest BCUT2D eigenvalue weighted by Gasteiger charge is -2.26. The van der Waals surface area contributed by atoms with Crippen molar-refractivity contribution in [2.45, 2.75) is 4.90 Å². The highest BCUT2D eigenvalue weighted by atomic mass is 35.5. The van der Waals surface area contributed by atoms with E-state index in [1.165, 1.54) is 29.2 Å². The second-order valence-corrected chi connectivity index (χ2v) is 7.33. The van der Waals surface area contributed by atoms with Gasteiger partial charge >= 0.3 is 0 Å². The molecular formula is C15H22Cl2FN5O2S. The zero-order chi connectivity index (χ0) is 17.0. The van der Waals surface area contributed by atoms with Gasteiger partial charge in [-0.2, -0.15) is 5.10 Å². The third-order valence-corrected chi connectivity index (χ3v) is 5.31. The Bertz CT molecular complexity index is 797. The van der Waals surface area contributed by atoms with Gasteiger partial charge in [-0.25, -0.2) is 22.2 Å². The minimum Gasteiger partial charge on any atom is -0.314 e. The Morgan fingerprint density at radius 2 is 1.88 bits per heavy atom. The number of nitrogens with zero attached hydrogens (tertiary/aromatic N) is 3. The molecule has 0 spiro atoms. The van der Waals surface area contributed by atoms with Crippen LogP contribution in [-0.4, -0.2) is 62.4 Å². The van der Waals surface area contributed by atoms with E-state index >= 15 is 0 Å². The van der Waals surface area contributed by atoms with Crippen LogP contribution < -0.4 is 10.0 Å².